The van der Waals surface area contributed by atoms with Crippen LogP contribution in [0.1, 0.15) is 5.56 Å². The number of nitrogens with zero attached hydrogens (tertiary/aromatic N) is 1. The molecule has 0 aliphatic heterocycles. The molecule has 0 aliphatic rings. The lowest BCUT2D eigenvalue weighted by atomic mass is 10.1. The van der Waals surface area contributed by atoms with Gasteiger partial charge in [0.1, 0.15) is 23.1 Å². The van der Waals surface area contributed by atoms with E-state index in [1.807, 2.05) is 13.0 Å². The molecule has 0 spiro atoms. The zero-order valence-corrected chi connectivity index (χ0v) is 14.5. The van der Waals surface area contributed by atoms with Crippen LogP contribution < -0.4 is 10.6 Å². The number of fused-ring (bicyclic) bond motifs is 1. The zero-order chi connectivity index (χ0) is 19.4. The number of benzene rings is 3. The smallest absolute Gasteiger partial charge is 0.267 e. The van der Waals surface area contributed by atoms with Crippen molar-refractivity contribution in [3.63, 3.8) is 0 Å². The lowest BCUT2D eigenvalue weighted by Gasteiger charge is -2.10. The fourth-order valence-corrected chi connectivity index (χ4v) is 2.65. The van der Waals surface area contributed by atoms with E-state index in [1.54, 1.807) is 54.6 Å². The van der Waals surface area contributed by atoms with E-state index in [1.165, 1.54) is 6.20 Å². The maximum Gasteiger partial charge on any atom is 0.267 e. The van der Waals surface area contributed by atoms with Crippen molar-refractivity contribution in [2.75, 3.05) is 10.6 Å². The quantitative estimate of drug-likeness (QED) is 0.320. The summed E-state index contributed by atoms with van der Waals surface area (Å²) in [4.78, 5) is 12.5. The second-order valence-corrected chi connectivity index (χ2v) is 5.97. The first-order valence-electron chi connectivity index (χ1n) is 8.18. The van der Waals surface area contributed by atoms with Gasteiger partial charge in [0.15, 0.2) is 0 Å². The van der Waals surface area contributed by atoms with Gasteiger partial charge in [0.25, 0.3) is 5.91 Å². The average Bonchev–Trinajstić information content (AvgIpc) is 2.64. The number of phenolic OH excluding ortho intramolecular Hbond substituents is 2. The Balaban J connectivity index is 1.84. The predicted molar refractivity (Wildman–Crippen MR) is 104 cm³/mol. The molecule has 0 aliphatic carbocycles. The lowest BCUT2D eigenvalue weighted by molar-refractivity contribution is -0.112. The van der Waals surface area contributed by atoms with Crippen LogP contribution in [0.25, 0.3) is 10.8 Å². The minimum absolute atomic E-state index is 0.0217. The lowest BCUT2D eigenvalue weighted by Crippen LogP contribution is -2.14. The molecular weight excluding hydrogens is 342 g/mol. The molecular formula is C21H17N3O3. The summed E-state index contributed by atoms with van der Waals surface area (Å²) in [5.41, 5.74) is 1.59. The van der Waals surface area contributed by atoms with Gasteiger partial charge in [0.05, 0.1) is 5.69 Å². The van der Waals surface area contributed by atoms with Gasteiger partial charge in [-0.25, -0.2) is 0 Å². The van der Waals surface area contributed by atoms with Gasteiger partial charge in [-0.1, -0.05) is 30.3 Å². The van der Waals surface area contributed by atoms with Gasteiger partial charge in [0.2, 0.25) is 0 Å². The van der Waals surface area contributed by atoms with Gasteiger partial charge < -0.3 is 20.8 Å². The number of aryl methyl sites for hydroxylation is 1. The average molecular weight is 359 g/mol. The second-order valence-electron chi connectivity index (χ2n) is 5.97. The molecule has 0 fully saturated rings. The van der Waals surface area contributed by atoms with Gasteiger partial charge >= 0.3 is 0 Å². The Morgan fingerprint density at radius 3 is 2.48 bits per heavy atom. The largest absolute Gasteiger partial charge is 0.507 e. The highest BCUT2D eigenvalue weighted by Crippen LogP contribution is 2.30. The van der Waals surface area contributed by atoms with E-state index < -0.39 is 5.91 Å². The fraction of sp³-hybridized carbons (Fsp3) is 0.0476. The van der Waals surface area contributed by atoms with Crippen molar-refractivity contribution in [3.05, 3.63) is 71.9 Å². The Morgan fingerprint density at radius 2 is 1.74 bits per heavy atom. The molecule has 3 rings (SSSR count). The minimum Gasteiger partial charge on any atom is -0.507 e. The van der Waals surface area contributed by atoms with Crippen molar-refractivity contribution in [2.45, 2.75) is 6.92 Å². The number of carbonyl (C=O) groups excluding carboxylic acids is 1. The highest BCUT2D eigenvalue weighted by atomic mass is 16.3. The molecule has 0 aromatic heterocycles. The van der Waals surface area contributed by atoms with Gasteiger partial charge in [-0.3, -0.25) is 4.79 Å². The van der Waals surface area contributed by atoms with Crippen molar-refractivity contribution < 1.29 is 15.0 Å². The molecule has 0 saturated carbocycles. The summed E-state index contributed by atoms with van der Waals surface area (Å²) in [5.74, 6) is -0.475. The van der Waals surface area contributed by atoms with E-state index in [0.717, 1.165) is 5.56 Å². The van der Waals surface area contributed by atoms with E-state index in [0.29, 0.717) is 22.1 Å². The van der Waals surface area contributed by atoms with Crippen LogP contribution in [0.2, 0.25) is 0 Å². The third kappa shape index (κ3) is 3.83. The van der Waals surface area contributed by atoms with Gasteiger partial charge in [-0.05, 0) is 36.8 Å². The van der Waals surface area contributed by atoms with E-state index in [9.17, 15) is 20.3 Å². The highest BCUT2D eigenvalue weighted by molar-refractivity contribution is 6.11. The predicted octanol–water partition coefficient (Wildman–Crippen LogP) is 4.02. The molecule has 6 heteroatoms. The third-order valence-corrected chi connectivity index (χ3v) is 4.04. The van der Waals surface area contributed by atoms with E-state index in [-0.39, 0.29) is 17.1 Å². The molecule has 3 aromatic rings. The van der Waals surface area contributed by atoms with Crippen molar-refractivity contribution >= 4 is 28.1 Å². The molecule has 6 nitrogen and oxygen atoms in total. The number of aromatic hydroxyl groups is 2. The van der Waals surface area contributed by atoms with E-state index >= 15 is 0 Å². The monoisotopic (exact) mass is 359 g/mol. The zero-order valence-electron chi connectivity index (χ0n) is 14.5. The molecule has 134 valence electrons. The van der Waals surface area contributed by atoms with Crippen molar-refractivity contribution in [3.8, 4) is 17.6 Å². The molecule has 27 heavy (non-hydrogen) atoms. The Kier molecular flexibility index (Phi) is 4.95. The Bertz CT molecular complexity index is 1100. The number of carbonyl (C=O) groups is 1. The van der Waals surface area contributed by atoms with E-state index in [4.69, 9.17) is 0 Å². The maximum atomic E-state index is 12.5. The molecule has 0 radical (unpaired) electrons. The standard InChI is InChI=1S/C21H17N3O3/c1-13-8-9-18(20(26)10-13)23-12-14(11-22)21(27)24-17-6-2-5-16-15(17)4-3-7-19(16)25/h2-10,12,23,25-26H,1H3,(H,24,27)/b14-12-. The van der Waals surface area contributed by atoms with Crippen molar-refractivity contribution in [1.29, 1.82) is 5.26 Å². The van der Waals surface area contributed by atoms with Gasteiger partial charge in [-0.2, -0.15) is 5.26 Å². The number of amides is 1. The van der Waals surface area contributed by atoms with E-state index in [2.05, 4.69) is 10.6 Å². The summed E-state index contributed by atoms with van der Waals surface area (Å²) in [6.07, 6.45) is 1.24. The Labute approximate surface area is 156 Å². The molecule has 1 amide bonds. The highest BCUT2D eigenvalue weighted by Gasteiger charge is 2.12. The summed E-state index contributed by atoms with van der Waals surface area (Å²) < 4.78 is 0. The van der Waals surface area contributed by atoms with Crippen LogP contribution in [-0.4, -0.2) is 16.1 Å². The number of anilines is 2. The van der Waals surface area contributed by atoms with Crippen LogP contribution in [-0.2, 0) is 4.79 Å². The Morgan fingerprint density at radius 1 is 1.00 bits per heavy atom. The van der Waals surface area contributed by atoms with Crippen molar-refractivity contribution in [1.82, 2.24) is 0 Å². The fourth-order valence-electron chi connectivity index (χ4n) is 2.65. The molecule has 3 aromatic carbocycles. The number of rotatable bonds is 4. The normalized spacial score (nSPS) is 11.0. The Hall–Kier alpha value is -3.98. The summed E-state index contributed by atoms with van der Waals surface area (Å²) in [7, 11) is 0. The summed E-state index contributed by atoms with van der Waals surface area (Å²) in [6, 6.07) is 17.0. The van der Waals surface area contributed by atoms with Crippen LogP contribution in [0, 0.1) is 18.3 Å². The summed E-state index contributed by atoms with van der Waals surface area (Å²) in [6.45, 7) is 1.84. The number of hydrogen-bond donors (Lipinski definition) is 4. The molecule has 0 atom stereocenters. The molecule has 0 bridgehead atoms. The van der Waals surface area contributed by atoms with Gasteiger partial charge in [-0.15, -0.1) is 0 Å². The van der Waals surface area contributed by atoms with Crippen LogP contribution in [0.15, 0.2) is 66.4 Å². The maximum absolute atomic E-state index is 12.5. The van der Waals surface area contributed by atoms with Crippen molar-refractivity contribution in [2.24, 2.45) is 0 Å². The summed E-state index contributed by atoms with van der Waals surface area (Å²) >= 11 is 0. The second kappa shape index (κ2) is 7.50. The summed E-state index contributed by atoms with van der Waals surface area (Å²) in [5, 5.41) is 35.8. The molecule has 0 unspecified atom stereocenters. The molecule has 0 saturated heterocycles. The number of nitrogens with one attached hydrogen (secondary N) is 2. The van der Waals surface area contributed by atoms with Crippen LogP contribution in [0.4, 0.5) is 11.4 Å². The SMILES string of the molecule is Cc1ccc(N/C=C(/C#N)C(=O)Nc2cccc3c(O)cccc23)c(O)c1. The number of phenols is 2. The topological polar surface area (TPSA) is 105 Å². The first-order chi connectivity index (χ1) is 13.0. The minimum atomic E-state index is -0.604. The molecule has 0 heterocycles. The van der Waals surface area contributed by atoms with Crippen LogP contribution in [0.3, 0.4) is 0 Å². The number of hydrogen-bond acceptors (Lipinski definition) is 5. The van der Waals surface area contributed by atoms with Crippen LogP contribution >= 0.6 is 0 Å². The third-order valence-electron chi connectivity index (χ3n) is 4.04. The first kappa shape index (κ1) is 17.8. The van der Waals surface area contributed by atoms with Gasteiger partial charge in [0, 0.05) is 22.7 Å². The molecule has 4 N–H and O–H groups in total. The van der Waals surface area contributed by atoms with Crippen LogP contribution in [0.5, 0.6) is 11.5 Å². The first-order valence-corrected chi connectivity index (χ1v) is 8.18. The number of nitriles is 1.